The summed E-state index contributed by atoms with van der Waals surface area (Å²) in [6.45, 7) is 6.37. The molecule has 7 heteroatoms. The summed E-state index contributed by atoms with van der Waals surface area (Å²) in [4.78, 5) is 17.6. The minimum atomic E-state index is -0.813. The van der Waals surface area contributed by atoms with Gasteiger partial charge in [0, 0.05) is 16.7 Å². The van der Waals surface area contributed by atoms with Crippen molar-refractivity contribution in [1.82, 2.24) is 0 Å². The molecule has 1 aliphatic heterocycles. The summed E-state index contributed by atoms with van der Waals surface area (Å²) >= 11 is 0. The third kappa shape index (κ3) is 4.23. The number of anilines is 1. The Bertz CT molecular complexity index is 1240. The SMILES string of the molecule is COc1cc(N2C(=O)[C@@H](N=[N+]=[N-])[C@@H]2c2ccc(C)c(OCc3ccccc3)c2)cc(C)c1C. The average molecular weight is 443 g/mol. The van der Waals surface area contributed by atoms with Crippen molar-refractivity contribution in [2.45, 2.75) is 39.5 Å². The number of rotatable bonds is 7. The standard InChI is InChI=1S/C26H26N4O3/c1-16-10-11-20(13-22(16)33-15-19-8-6-5-7-9-19)25-24(28-29-27)26(31)30(25)21-12-17(2)18(3)23(14-21)32-4/h5-14,24-25H,15H2,1-4H3/t24-,25-/m0/s1. The van der Waals surface area contributed by atoms with Crippen LogP contribution in [-0.4, -0.2) is 19.1 Å². The van der Waals surface area contributed by atoms with Gasteiger partial charge in [-0.15, -0.1) is 0 Å². The van der Waals surface area contributed by atoms with Crippen LogP contribution in [0.5, 0.6) is 11.5 Å². The first-order valence-corrected chi connectivity index (χ1v) is 10.7. The zero-order valence-corrected chi connectivity index (χ0v) is 19.1. The summed E-state index contributed by atoms with van der Waals surface area (Å²) in [6.07, 6.45) is 0. The molecular weight excluding hydrogens is 416 g/mol. The molecule has 0 aromatic heterocycles. The molecule has 0 N–H and O–H groups in total. The van der Waals surface area contributed by atoms with Gasteiger partial charge in [0.05, 0.1) is 13.2 Å². The number of azide groups is 1. The van der Waals surface area contributed by atoms with E-state index in [2.05, 4.69) is 10.0 Å². The lowest BCUT2D eigenvalue weighted by Gasteiger charge is -2.45. The van der Waals surface area contributed by atoms with Crippen LogP contribution in [0.25, 0.3) is 10.4 Å². The maximum atomic E-state index is 13.0. The van der Waals surface area contributed by atoms with E-state index in [0.717, 1.165) is 33.6 Å². The number of carbonyl (C=O) groups is 1. The number of hydrogen-bond donors (Lipinski definition) is 0. The highest BCUT2D eigenvalue weighted by atomic mass is 16.5. The fourth-order valence-electron chi connectivity index (χ4n) is 4.11. The molecule has 0 bridgehead atoms. The van der Waals surface area contributed by atoms with Crippen molar-refractivity contribution < 1.29 is 14.3 Å². The van der Waals surface area contributed by atoms with E-state index in [1.165, 1.54) is 0 Å². The molecule has 3 aromatic carbocycles. The smallest absolute Gasteiger partial charge is 0.239 e. The van der Waals surface area contributed by atoms with Crippen molar-refractivity contribution in [2.24, 2.45) is 5.11 Å². The number of methoxy groups -OCH3 is 1. The molecule has 0 unspecified atom stereocenters. The quantitative estimate of drug-likeness (QED) is 0.196. The lowest BCUT2D eigenvalue weighted by Crippen LogP contribution is -2.58. The van der Waals surface area contributed by atoms with Crippen LogP contribution in [0.15, 0.2) is 65.8 Å². The molecule has 1 aliphatic rings. The number of nitrogens with zero attached hydrogens (tertiary/aromatic N) is 4. The lowest BCUT2D eigenvalue weighted by atomic mass is 9.87. The number of amides is 1. The minimum Gasteiger partial charge on any atom is -0.496 e. The highest BCUT2D eigenvalue weighted by Gasteiger charge is 2.49. The maximum Gasteiger partial charge on any atom is 0.239 e. The Morgan fingerprint density at radius 1 is 1.00 bits per heavy atom. The molecule has 2 atom stereocenters. The zero-order chi connectivity index (χ0) is 23.5. The summed E-state index contributed by atoms with van der Waals surface area (Å²) in [6, 6.07) is 18.3. The molecule has 0 spiro atoms. The number of benzene rings is 3. The summed E-state index contributed by atoms with van der Waals surface area (Å²) in [5.74, 6) is 1.20. The molecule has 168 valence electrons. The Kier molecular flexibility index (Phi) is 6.24. The van der Waals surface area contributed by atoms with Gasteiger partial charge >= 0.3 is 0 Å². The van der Waals surface area contributed by atoms with Gasteiger partial charge in [-0.25, -0.2) is 0 Å². The molecule has 1 saturated heterocycles. The Hall–Kier alpha value is -3.96. The van der Waals surface area contributed by atoms with E-state index in [0.29, 0.717) is 18.0 Å². The molecule has 1 amide bonds. The molecule has 0 aliphatic carbocycles. The van der Waals surface area contributed by atoms with E-state index in [4.69, 9.17) is 15.0 Å². The summed E-state index contributed by atoms with van der Waals surface area (Å²) < 4.78 is 11.6. The first-order chi connectivity index (χ1) is 15.9. The second kappa shape index (κ2) is 9.27. The van der Waals surface area contributed by atoms with Gasteiger partial charge in [0.25, 0.3) is 0 Å². The van der Waals surface area contributed by atoms with Gasteiger partial charge in [-0.3, -0.25) is 4.79 Å². The molecular formula is C26H26N4O3. The van der Waals surface area contributed by atoms with Gasteiger partial charge in [0.15, 0.2) is 0 Å². The first kappa shape index (κ1) is 22.2. The molecule has 3 aromatic rings. The zero-order valence-electron chi connectivity index (χ0n) is 19.1. The van der Waals surface area contributed by atoms with Crippen molar-refractivity contribution in [3.05, 3.63) is 98.9 Å². The number of aryl methyl sites for hydroxylation is 2. The van der Waals surface area contributed by atoms with E-state index < -0.39 is 12.1 Å². The highest BCUT2D eigenvalue weighted by molar-refractivity contribution is 6.06. The van der Waals surface area contributed by atoms with E-state index >= 15 is 0 Å². The number of ether oxygens (including phenoxy) is 2. The second-order valence-corrected chi connectivity index (χ2v) is 8.19. The largest absolute Gasteiger partial charge is 0.496 e. The average Bonchev–Trinajstić information content (AvgIpc) is 2.83. The van der Waals surface area contributed by atoms with Gasteiger partial charge in [0.1, 0.15) is 24.1 Å². The Morgan fingerprint density at radius 2 is 1.76 bits per heavy atom. The summed E-state index contributed by atoms with van der Waals surface area (Å²) in [5, 5.41) is 3.79. The molecule has 7 nitrogen and oxygen atoms in total. The fraction of sp³-hybridized carbons (Fsp3) is 0.269. The van der Waals surface area contributed by atoms with Crippen molar-refractivity contribution in [1.29, 1.82) is 0 Å². The van der Waals surface area contributed by atoms with Crippen LogP contribution in [0, 0.1) is 20.8 Å². The van der Waals surface area contributed by atoms with Crippen LogP contribution in [0.4, 0.5) is 5.69 Å². The third-order valence-electron chi connectivity index (χ3n) is 6.14. The number of hydrogen-bond acceptors (Lipinski definition) is 4. The van der Waals surface area contributed by atoms with Gasteiger partial charge in [-0.1, -0.05) is 47.6 Å². The topological polar surface area (TPSA) is 87.5 Å². The third-order valence-corrected chi connectivity index (χ3v) is 6.14. The maximum absolute atomic E-state index is 13.0. The lowest BCUT2D eigenvalue weighted by molar-refractivity contribution is -0.126. The fourth-order valence-corrected chi connectivity index (χ4v) is 4.11. The Balaban J connectivity index is 1.69. The molecule has 0 saturated carbocycles. The van der Waals surface area contributed by atoms with Crippen molar-refractivity contribution in [2.75, 3.05) is 12.0 Å². The Morgan fingerprint density at radius 3 is 2.45 bits per heavy atom. The summed E-state index contributed by atoms with van der Waals surface area (Å²) in [5.41, 5.74) is 14.7. The highest BCUT2D eigenvalue weighted by Crippen LogP contribution is 2.44. The van der Waals surface area contributed by atoms with E-state index in [-0.39, 0.29) is 5.91 Å². The van der Waals surface area contributed by atoms with Gasteiger partial charge < -0.3 is 14.4 Å². The van der Waals surface area contributed by atoms with E-state index in [9.17, 15) is 4.79 Å². The predicted octanol–water partition coefficient (Wildman–Crippen LogP) is 5.97. The molecule has 0 radical (unpaired) electrons. The first-order valence-electron chi connectivity index (χ1n) is 10.7. The molecule has 1 heterocycles. The second-order valence-electron chi connectivity index (χ2n) is 8.19. The number of β-lactam (4-membered cyclic amide) rings is 1. The van der Waals surface area contributed by atoms with E-state index in [1.807, 2.05) is 81.4 Å². The van der Waals surface area contributed by atoms with Gasteiger partial charge in [-0.2, -0.15) is 0 Å². The van der Waals surface area contributed by atoms with Crippen molar-refractivity contribution in [3.8, 4) is 11.5 Å². The van der Waals surface area contributed by atoms with Gasteiger partial charge in [-0.05, 0) is 66.3 Å². The van der Waals surface area contributed by atoms with Crippen LogP contribution in [-0.2, 0) is 11.4 Å². The summed E-state index contributed by atoms with van der Waals surface area (Å²) in [7, 11) is 1.61. The van der Waals surface area contributed by atoms with Crippen LogP contribution < -0.4 is 14.4 Å². The van der Waals surface area contributed by atoms with E-state index in [1.54, 1.807) is 12.0 Å². The van der Waals surface area contributed by atoms with Crippen LogP contribution >= 0.6 is 0 Å². The van der Waals surface area contributed by atoms with Crippen molar-refractivity contribution in [3.63, 3.8) is 0 Å². The number of carbonyl (C=O) groups excluding carboxylic acids is 1. The minimum absolute atomic E-state index is 0.240. The van der Waals surface area contributed by atoms with Gasteiger partial charge in [0.2, 0.25) is 5.91 Å². The van der Waals surface area contributed by atoms with Crippen LogP contribution in [0.1, 0.15) is 33.9 Å². The predicted molar refractivity (Wildman–Crippen MR) is 128 cm³/mol. The monoisotopic (exact) mass is 442 g/mol. The van der Waals surface area contributed by atoms with Crippen LogP contribution in [0.3, 0.4) is 0 Å². The van der Waals surface area contributed by atoms with Crippen molar-refractivity contribution >= 4 is 11.6 Å². The molecule has 33 heavy (non-hydrogen) atoms. The normalized spacial score (nSPS) is 17.2. The molecule has 1 fully saturated rings. The molecule has 4 rings (SSSR count). The Labute approximate surface area is 193 Å². The van der Waals surface area contributed by atoms with Crippen LogP contribution in [0.2, 0.25) is 0 Å².